The van der Waals surface area contributed by atoms with Crippen LogP contribution in [0, 0.1) is 6.92 Å². The van der Waals surface area contributed by atoms with Gasteiger partial charge in [0, 0.05) is 16.8 Å². The van der Waals surface area contributed by atoms with Crippen LogP contribution in [0.1, 0.15) is 5.69 Å². The van der Waals surface area contributed by atoms with E-state index in [9.17, 15) is 0 Å². The van der Waals surface area contributed by atoms with Gasteiger partial charge in [-0.1, -0.05) is 42.5 Å². The molecular weight excluding hydrogens is 206 g/mol. The molecule has 0 saturated carbocycles. The highest BCUT2D eigenvalue weighted by Gasteiger charge is 2.21. The zero-order valence-electron chi connectivity index (χ0n) is 9.57. The van der Waals surface area contributed by atoms with Gasteiger partial charge in [0.05, 0.1) is 5.69 Å². The smallest absolute Gasteiger partial charge is 0.0790 e. The lowest BCUT2D eigenvalue weighted by molar-refractivity contribution is 1.22. The van der Waals surface area contributed by atoms with E-state index < -0.39 is 0 Å². The predicted molar refractivity (Wildman–Crippen MR) is 70.9 cm³/mol. The molecule has 0 fully saturated rings. The molecule has 2 aromatic carbocycles. The average Bonchev–Trinajstić information content (AvgIpc) is 2.67. The number of benzene rings is 2. The van der Waals surface area contributed by atoms with Gasteiger partial charge in [0.1, 0.15) is 0 Å². The summed E-state index contributed by atoms with van der Waals surface area (Å²) in [7, 11) is 0. The van der Waals surface area contributed by atoms with Crippen molar-refractivity contribution in [2.75, 3.05) is 0 Å². The van der Waals surface area contributed by atoms with Gasteiger partial charge < -0.3 is 0 Å². The number of fused-ring (bicyclic) bond motifs is 3. The molecule has 0 saturated heterocycles. The Balaban J connectivity index is 2.26. The van der Waals surface area contributed by atoms with Crippen molar-refractivity contribution < 1.29 is 0 Å². The monoisotopic (exact) mass is 217 g/mol. The van der Waals surface area contributed by atoms with Gasteiger partial charge in [-0.25, -0.2) is 0 Å². The zero-order chi connectivity index (χ0) is 11.4. The first kappa shape index (κ1) is 8.94. The number of aromatic nitrogens is 1. The van der Waals surface area contributed by atoms with Gasteiger partial charge in [-0.05, 0) is 29.3 Å². The third-order valence-corrected chi connectivity index (χ3v) is 3.48. The van der Waals surface area contributed by atoms with Gasteiger partial charge in [0.2, 0.25) is 0 Å². The van der Waals surface area contributed by atoms with Crippen molar-refractivity contribution in [1.82, 2.24) is 4.98 Å². The second kappa shape index (κ2) is 2.95. The Bertz CT molecular complexity index is 751. The van der Waals surface area contributed by atoms with E-state index in [1.54, 1.807) is 0 Å². The van der Waals surface area contributed by atoms with Crippen LogP contribution in [0.4, 0.5) is 0 Å². The minimum atomic E-state index is 1.08. The van der Waals surface area contributed by atoms with Crippen molar-refractivity contribution in [3.8, 4) is 22.4 Å². The van der Waals surface area contributed by atoms with Crippen molar-refractivity contribution in [2.24, 2.45) is 0 Å². The molecule has 80 valence electrons. The summed E-state index contributed by atoms with van der Waals surface area (Å²) in [6.07, 6.45) is 0. The first-order chi connectivity index (χ1) is 8.34. The highest BCUT2D eigenvalue weighted by atomic mass is 14.7. The Morgan fingerprint density at radius 1 is 0.765 bits per heavy atom. The summed E-state index contributed by atoms with van der Waals surface area (Å²) in [6, 6.07) is 17.2. The maximum Gasteiger partial charge on any atom is 0.0790 e. The second-order valence-corrected chi connectivity index (χ2v) is 4.56. The van der Waals surface area contributed by atoms with Crippen LogP contribution in [0.5, 0.6) is 0 Å². The van der Waals surface area contributed by atoms with Crippen molar-refractivity contribution in [1.29, 1.82) is 0 Å². The third-order valence-electron chi connectivity index (χ3n) is 3.48. The van der Waals surface area contributed by atoms with Crippen molar-refractivity contribution in [3.63, 3.8) is 0 Å². The van der Waals surface area contributed by atoms with Crippen LogP contribution in [0.3, 0.4) is 0 Å². The van der Waals surface area contributed by atoms with Gasteiger partial charge in [-0.3, -0.25) is 4.98 Å². The lowest BCUT2D eigenvalue weighted by Gasteiger charge is -2.01. The van der Waals surface area contributed by atoms with Crippen molar-refractivity contribution >= 4 is 10.8 Å². The molecule has 1 heterocycles. The average molecular weight is 217 g/mol. The SMILES string of the molecule is Cc1ccc2c(n1)-c1cccc3cccc-2c13. The summed E-state index contributed by atoms with van der Waals surface area (Å²) in [5.41, 5.74) is 6.07. The summed E-state index contributed by atoms with van der Waals surface area (Å²) in [5, 5.41) is 2.65. The first-order valence-corrected chi connectivity index (χ1v) is 5.85. The lowest BCUT2D eigenvalue weighted by Crippen LogP contribution is -1.85. The molecule has 1 heteroatoms. The summed E-state index contributed by atoms with van der Waals surface area (Å²) < 4.78 is 0. The maximum absolute atomic E-state index is 4.69. The Morgan fingerprint density at radius 2 is 1.53 bits per heavy atom. The normalized spacial score (nSPS) is 11.8. The fourth-order valence-electron chi connectivity index (χ4n) is 2.74. The summed E-state index contributed by atoms with van der Waals surface area (Å²) >= 11 is 0. The predicted octanol–water partition coefficient (Wildman–Crippen LogP) is 4.19. The van der Waals surface area contributed by atoms with Crippen LogP contribution in [0.25, 0.3) is 33.2 Å². The van der Waals surface area contributed by atoms with Crippen molar-refractivity contribution in [2.45, 2.75) is 6.92 Å². The minimum Gasteiger partial charge on any atom is -0.252 e. The Kier molecular flexibility index (Phi) is 1.55. The van der Waals surface area contributed by atoms with Crippen LogP contribution < -0.4 is 0 Å². The van der Waals surface area contributed by atoms with E-state index in [-0.39, 0.29) is 0 Å². The molecule has 0 bridgehead atoms. The van der Waals surface area contributed by atoms with Gasteiger partial charge in [0.25, 0.3) is 0 Å². The molecule has 1 nitrogen and oxygen atoms in total. The maximum atomic E-state index is 4.69. The zero-order valence-corrected chi connectivity index (χ0v) is 9.57. The summed E-state index contributed by atoms with van der Waals surface area (Å²) in [4.78, 5) is 4.69. The van der Waals surface area contributed by atoms with E-state index in [4.69, 9.17) is 4.98 Å². The summed E-state index contributed by atoms with van der Waals surface area (Å²) in [5.74, 6) is 0. The van der Waals surface area contributed by atoms with E-state index in [1.165, 1.54) is 27.5 Å². The third kappa shape index (κ3) is 1.06. The molecule has 0 unspecified atom stereocenters. The molecule has 0 N–H and O–H groups in total. The quantitative estimate of drug-likeness (QED) is 0.430. The van der Waals surface area contributed by atoms with E-state index in [2.05, 4.69) is 48.5 Å². The van der Waals surface area contributed by atoms with Gasteiger partial charge in [-0.2, -0.15) is 0 Å². The number of hydrogen-bond acceptors (Lipinski definition) is 1. The van der Waals surface area contributed by atoms with E-state index in [1.807, 2.05) is 6.92 Å². The molecule has 1 aliphatic rings. The Morgan fingerprint density at radius 3 is 2.35 bits per heavy atom. The molecule has 1 aromatic heterocycles. The van der Waals surface area contributed by atoms with Crippen molar-refractivity contribution in [3.05, 3.63) is 54.2 Å². The molecule has 4 rings (SSSR count). The fraction of sp³-hybridized carbons (Fsp3) is 0.0625. The van der Waals surface area contributed by atoms with Gasteiger partial charge in [-0.15, -0.1) is 0 Å². The summed E-state index contributed by atoms with van der Waals surface area (Å²) in [6.45, 7) is 2.05. The highest BCUT2D eigenvalue weighted by Crippen LogP contribution is 2.45. The number of rotatable bonds is 0. The van der Waals surface area contributed by atoms with Gasteiger partial charge >= 0.3 is 0 Å². The molecule has 1 aliphatic carbocycles. The Labute approximate surface area is 99.7 Å². The van der Waals surface area contributed by atoms with Crippen LogP contribution in [-0.4, -0.2) is 4.98 Å². The van der Waals surface area contributed by atoms with Crippen LogP contribution in [0.15, 0.2) is 48.5 Å². The van der Waals surface area contributed by atoms with E-state index in [0.717, 1.165) is 11.4 Å². The van der Waals surface area contributed by atoms with E-state index >= 15 is 0 Å². The number of hydrogen-bond donors (Lipinski definition) is 0. The first-order valence-electron chi connectivity index (χ1n) is 5.85. The standard InChI is InChI=1S/C16H11N/c1-10-8-9-13-12-6-2-4-11-5-3-7-14(15(11)12)16(13)17-10/h2-9H,1H3. The molecule has 0 spiro atoms. The Hall–Kier alpha value is -2.15. The molecule has 3 aromatic rings. The molecular formula is C16H11N. The van der Waals surface area contributed by atoms with Crippen LogP contribution in [0.2, 0.25) is 0 Å². The van der Waals surface area contributed by atoms with Gasteiger partial charge in [0.15, 0.2) is 0 Å². The number of aryl methyl sites for hydroxylation is 1. The number of nitrogens with zero attached hydrogens (tertiary/aromatic N) is 1. The van der Waals surface area contributed by atoms with Crippen LogP contribution in [-0.2, 0) is 0 Å². The topological polar surface area (TPSA) is 12.9 Å². The fourth-order valence-corrected chi connectivity index (χ4v) is 2.74. The molecule has 0 atom stereocenters. The molecule has 17 heavy (non-hydrogen) atoms. The second-order valence-electron chi connectivity index (χ2n) is 4.56. The van der Waals surface area contributed by atoms with Crippen LogP contribution >= 0.6 is 0 Å². The number of pyridine rings is 1. The largest absolute Gasteiger partial charge is 0.252 e. The molecule has 0 amide bonds. The molecule has 0 aliphatic heterocycles. The minimum absolute atomic E-state index is 1.08. The highest BCUT2D eigenvalue weighted by molar-refractivity contribution is 6.14. The lowest BCUT2D eigenvalue weighted by atomic mass is 10.0. The molecule has 0 radical (unpaired) electrons. The van der Waals surface area contributed by atoms with E-state index in [0.29, 0.717) is 0 Å².